The fraction of sp³-hybridized carbons (Fsp3) is 0.462. The van der Waals surface area contributed by atoms with E-state index in [4.69, 9.17) is 21.9 Å². The Morgan fingerprint density at radius 1 is 1.53 bits per heavy atom. The molecule has 0 fully saturated rings. The lowest BCUT2D eigenvalue weighted by molar-refractivity contribution is 0.396. The Morgan fingerprint density at radius 2 is 2.26 bits per heavy atom. The number of halogens is 1. The van der Waals surface area contributed by atoms with E-state index < -0.39 is 0 Å². The molecule has 0 radical (unpaired) electrons. The van der Waals surface area contributed by atoms with E-state index in [0.717, 1.165) is 29.2 Å². The van der Waals surface area contributed by atoms with E-state index in [1.807, 2.05) is 26.1 Å². The number of hydrazine groups is 1. The second kappa shape index (κ2) is 5.77. The zero-order valence-corrected chi connectivity index (χ0v) is 12.2. The van der Waals surface area contributed by atoms with Gasteiger partial charge in [0.2, 0.25) is 0 Å². The number of aromatic nitrogens is 2. The van der Waals surface area contributed by atoms with Gasteiger partial charge in [0.05, 0.1) is 11.7 Å². The van der Waals surface area contributed by atoms with Crippen LogP contribution in [0.2, 0.25) is 5.15 Å². The van der Waals surface area contributed by atoms with Crippen molar-refractivity contribution in [3.05, 3.63) is 40.1 Å². The van der Waals surface area contributed by atoms with Crippen molar-refractivity contribution in [3.8, 4) is 0 Å². The van der Waals surface area contributed by atoms with Crippen LogP contribution in [-0.2, 0) is 19.9 Å². The van der Waals surface area contributed by atoms with Gasteiger partial charge in [-0.1, -0.05) is 18.5 Å². The second-order valence-corrected chi connectivity index (χ2v) is 4.92. The van der Waals surface area contributed by atoms with Crippen molar-refractivity contribution < 1.29 is 4.42 Å². The molecule has 0 aromatic carbocycles. The van der Waals surface area contributed by atoms with E-state index in [1.54, 1.807) is 4.68 Å². The number of aryl methyl sites for hydroxylation is 3. The number of nitrogens with zero attached hydrogens (tertiary/aromatic N) is 2. The predicted molar refractivity (Wildman–Crippen MR) is 74.8 cm³/mol. The van der Waals surface area contributed by atoms with Crippen molar-refractivity contribution in [2.45, 2.75) is 32.7 Å². The van der Waals surface area contributed by atoms with E-state index in [2.05, 4.69) is 17.4 Å². The van der Waals surface area contributed by atoms with Crippen LogP contribution >= 0.6 is 11.6 Å². The summed E-state index contributed by atoms with van der Waals surface area (Å²) in [5.74, 6) is 7.40. The molecule has 19 heavy (non-hydrogen) atoms. The average molecular weight is 283 g/mol. The first-order valence-electron chi connectivity index (χ1n) is 6.29. The van der Waals surface area contributed by atoms with Crippen LogP contribution in [-0.4, -0.2) is 9.78 Å². The predicted octanol–water partition coefficient (Wildman–Crippen LogP) is 2.28. The highest BCUT2D eigenvalue weighted by molar-refractivity contribution is 6.30. The highest BCUT2D eigenvalue weighted by atomic mass is 35.5. The fourth-order valence-electron chi connectivity index (χ4n) is 2.12. The van der Waals surface area contributed by atoms with E-state index in [1.165, 1.54) is 0 Å². The van der Waals surface area contributed by atoms with E-state index >= 15 is 0 Å². The molecule has 0 spiro atoms. The number of nitrogens with two attached hydrogens (primary N) is 1. The summed E-state index contributed by atoms with van der Waals surface area (Å²) in [5.41, 5.74) is 4.68. The average Bonchev–Trinajstić information content (AvgIpc) is 2.95. The lowest BCUT2D eigenvalue weighted by Gasteiger charge is -2.13. The van der Waals surface area contributed by atoms with Crippen LogP contribution in [0.25, 0.3) is 0 Å². The van der Waals surface area contributed by atoms with Gasteiger partial charge in [0.25, 0.3) is 0 Å². The summed E-state index contributed by atoms with van der Waals surface area (Å²) in [6.45, 7) is 3.99. The number of rotatable bonds is 5. The van der Waals surface area contributed by atoms with Crippen molar-refractivity contribution in [1.82, 2.24) is 15.2 Å². The molecule has 0 amide bonds. The van der Waals surface area contributed by atoms with Crippen molar-refractivity contribution >= 4 is 11.6 Å². The molecule has 1 unspecified atom stereocenters. The summed E-state index contributed by atoms with van der Waals surface area (Å²) in [4.78, 5) is 0. The largest absolute Gasteiger partial charge is 0.464 e. The van der Waals surface area contributed by atoms with Gasteiger partial charge in [-0.2, -0.15) is 5.10 Å². The third kappa shape index (κ3) is 2.83. The number of hydrogen-bond donors (Lipinski definition) is 2. The quantitative estimate of drug-likeness (QED) is 0.652. The van der Waals surface area contributed by atoms with Gasteiger partial charge in [-0.3, -0.25) is 10.5 Å². The van der Waals surface area contributed by atoms with Crippen molar-refractivity contribution in [1.29, 1.82) is 0 Å². The van der Waals surface area contributed by atoms with Crippen LogP contribution in [0, 0.1) is 6.92 Å². The van der Waals surface area contributed by atoms with Crippen LogP contribution in [0.3, 0.4) is 0 Å². The molecule has 0 saturated carbocycles. The van der Waals surface area contributed by atoms with Crippen molar-refractivity contribution in [3.63, 3.8) is 0 Å². The summed E-state index contributed by atoms with van der Waals surface area (Å²) in [7, 11) is 1.83. The molecule has 6 heteroatoms. The Bertz CT molecular complexity index is 561. The topological polar surface area (TPSA) is 69.0 Å². The van der Waals surface area contributed by atoms with Crippen LogP contribution in [0.4, 0.5) is 0 Å². The Balaban J connectivity index is 2.23. The standard InChI is InChI=1S/C13H19ClN4O/c1-4-9-5-6-12(19-9)11(16-15)7-10-8(2)17-18(3)13(10)14/h5-6,11,16H,4,7,15H2,1-3H3. The third-order valence-corrected chi connectivity index (χ3v) is 3.73. The fourth-order valence-corrected chi connectivity index (χ4v) is 2.38. The van der Waals surface area contributed by atoms with Gasteiger partial charge in [0.1, 0.15) is 16.7 Å². The zero-order valence-electron chi connectivity index (χ0n) is 11.4. The Labute approximate surface area is 117 Å². The van der Waals surface area contributed by atoms with Crippen molar-refractivity contribution in [2.75, 3.05) is 0 Å². The lowest BCUT2D eigenvalue weighted by Crippen LogP contribution is -2.29. The Hall–Kier alpha value is -1.30. The molecule has 0 saturated heterocycles. The molecule has 2 aromatic heterocycles. The molecule has 0 aliphatic carbocycles. The Morgan fingerprint density at radius 3 is 2.74 bits per heavy atom. The molecule has 2 heterocycles. The van der Waals surface area contributed by atoms with Crippen molar-refractivity contribution in [2.24, 2.45) is 12.9 Å². The highest BCUT2D eigenvalue weighted by Gasteiger charge is 2.20. The molecule has 104 valence electrons. The van der Waals surface area contributed by atoms with Gasteiger partial charge in [-0.15, -0.1) is 0 Å². The van der Waals surface area contributed by atoms with Gasteiger partial charge < -0.3 is 4.42 Å². The molecular formula is C13H19ClN4O. The SMILES string of the molecule is CCc1ccc(C(Cc2c(C)nn(C)c2Cl)NN)o1. The molecule has 0 aliphatic rings. The number of nitrogens with one attached hydrogen (secondary N) is 1. The van der Waals surface area contributed by atoms with E-state index in [9.17, 15) is 0 Å². The highest BCUT2D eigenvalue weighted by Crippen LogP contribution is 2.26. The van der Waals surface area contributed by atoms with E-state index in [0.29, 0.717) is 11.6 Å². The maximum absolute atomic E-state index is 6.24. The molecular weight excluding hydrogens is 264 g/mol. The maximum Gasteiger partial charge on any atom is 0.130 e. The monoisotopic (exact) mass is 282 g/mol. The van der Waals surface area contributed by atoms with Crippen LogP contribution in [0.1, 0.15) is 35.7 Å². The molecule has 0 aliphatic heterocycles. The summed E-state index contributed by atoms with van der Waals surface area (Å²) in [5, 5.41) is 4.94. The third-order valence-electron chi connectivity index (χ3n) is 3.25. The molecule has 5 nitrogen and oxygen atoms in total. The van der Waals surface area contributed by atoms with E-state index in [-0.39, 0.29) is 6.04 Å². The summed E-state index contributed by atoms with van der Waals surface area (Å²) in [6.07, 6.45) is 1.51. The van der Waals surface area contributed by atoms with Gasteiger partial charge in [0, 0.05) is 25.5 Å². The first-order chi connectivity index (χ1) is 9.06. The minimum Gasteiger partial charge on any atom is -0.464 e. The van der Waals surface area contributed by atoms with Crippen LogP contribution in [0.5, 0.6) is 0 Å². The summed E-state index contributed by atoms with van der Waals surface area (Å²) in [6, 6.07) is 3.81. The first-order valence-corrected chi connectivity index (χ1v) is 6.67. The molecule has 2 rings (SSSR count). The maximum atomic E-state index is 6.24. The summed E-state index contributed by atoms with van der Waals surface area (Å²) < 4.78 is 7.40. The van der Waals surface area contributed by atoms with Crippen LogP contribution in [0.15, 0.2) is 16.5 Å². The molecule has 2 aromatic rings. The molecule has 1 atom stereocenters. The molecule has 0 bridgehead atoms. The smallest absolute Gasteiger partial charge is 0.130 e. The van der Waals surface area contributed by atoms with Gasteiger partial charge in [0.15, 0.2) is 0 Å². The van der Waals surface area contributed by atoms with Gasteiger partial charge in [-0.05, 0) is 19.1 Å². The second-order valence-electron chi connectivity index (χ2n) is 4.56. The van der Waals surface area contributed by atoms with Gasteiger partial charge >= 0.3 is 0 Å². The molecule has 3 N–H and O–H groups in total. The Kier molecular flexibility index (Phi) is 4.29. The van der Waals surface area contributed by atoms with Crippen LogP contribution < -0.4 is 11.3 Å². The first kappa shape index (κ1) is 14.1. The lowest BCUT2D eigenvalue weighted by atomic mass is 10.1. The number of furan rings is 1. The van der Waals surface area contributed by atoms with Gasteiger partial charge in [-0.25, -0.2) is 5.43 Å². The summed E-state index contributed by atoms with van der Waals surface area (Å²) >= 11 is 6.24. The minimum absolute atomic E-state index is 0.110. The zero-order chi connectivity index (χ0) is 14.0. The normalized spacial score (nSPS) is 12.9. The number of hydrogen-bond acceptors (Lipinski definition) is 4. The minimum atomic E-state index is -0.110.